The van der Waals surface area contributed by atoms with Crippen molar-refractivity contribution in [1.29, 1.82) is 0 Å². The molecular formula is C23H18F3NO3S2. The van der Waals surface area contributed by atoms with Crippen LogP contribution in [0.5, 0.6) is 5.75 Å². The number of hydrogen-bond donors (Lipinski definition) is 0. The van der Waals surface area contributed by atoms with Crippen LogP contribution in [0.25, 0.3) is 16.6 Å². The molecule has 1 aliphatic rings. The van der Waals surface area contributed by atoms with Crippen molar-refractivity contribution < 1.29 is 27.4 Å². The average Bonchev–Trinajstić information content (AvgIpc) is 3.16. The lowest BCUT2D eigenvalue weighted by Gasteiger charge is -2.17. The molecule has 4 nitrogen and oxygen atoms in total. The molecule has 3 aromatic rings. The molecule has 0 spiro atoms. The minimum absolute atomic E-state index is 0.180. The predicted molar refractivity (Wildman–Crippen MR) is 119 cm³/mol. The zero-order valence-electron chi connectivity index (χ0n) is 17.2. The van der Waals surface area contributed by atoms with Gasteiger partial charge in [0, 0.05) is 26.7 Å². The van der Waals surface area contributed by atoms with Crippen LogP contribution < -0.4 is 4.74 Å². The first-order chi connectivity index (χ1) is 15.2. The highest BCUT2D eigenvalue weighted by atomic mass is 32.2. The Morgan fingerprint density at radius 2 is 1.97 bits per heavy atom. The average molecular weight is 478 g/mol. The minimum atomic E-state index is -4.36. The molecule has 1 aromatic heterocycles. The fourth-order valence-corrected chi connectivity index (χ4v) is 5.29. The number of aromatic nitrogens is 1. The van der Waals surface area contributed by atoms with E-state index in [2.05, 4.69) is 4.98 Å². The fraction of sp³-hybridized carbons (Fsp3) is 0.217. The van der Waals surface area contributed by atoms with Crippen LogP contribution in [-0.2, 0) is 21.5 Å². The summed E-state index contributed by atoms with van der Waals surface area (Å²) in [6.45, 7) is 2.07. The van der Waals surface area contributed by atoms with Gasteiger partial charge in [0.15, 0.2) is 0 Å². The van der Waals surface area contributed by atoms with Gasteiger partial charge in [-0.15, -0.1) is 23.1 Å². The molecule has 0 atom stereocenters. The van der Waals surface area contributed by atoms with E-state index in [1.54, 1.807) is 17.8 Å². The minimum Gasteiger partial charge on any atom is -0.488 e. The van der Waals surface area contributed by atoms with Gasteiger partial charge >= 0.3 is 12.1 Å². The van der Waals surface area contributed by atoms with E-state index in [4.69, 9.17) is 9.47 Å². The van der Waals surface area contributed by atoms with Crippen molar-refractivity contribution in [3.63, 3.8) is 0 Å². The van der Waals surface area contributed by atoms with E-state index in [0.29, 0.717) is 27.6 Å². The molecule has 0 N–H and O–H groups in total. The highest BCUT2D eigenvalue weighted by molar-refractivity contribution is 7.98. The van der Waals surface area contributed by atoms with Crippen LogP contribution in [0.3, 0.4) is 0 Å². The molecule has 2 heterocycles. The number of carbonyl (C=O) groups is 1. The third kappa shape index (κ3) is 4.83. The smallest absolute Gasteiger partial charge is 0.416 e. The Morgan fingerprint density at radius 1 is 1.22 bits per heavy atom. The number of thiazole rings is 1. The molecule has 166 valence electrons. The van der Waals surface area contributed by atoms with Crippen LogP contribution in [0.1, 0.15) is 21.7 Å². The van der Waals surface area contributed by atoms with Crippen molar-refractivity contribution in [3.05, 3.63) is 69.7 Å². The summed E-state index contributed by atoms with van der Waals surface area (Å²) in [5.74, 6) is 0.961. The molecule has 32 heavy (non-hydrogen) atoms. The molecule has 0 saturated heterocycles. The standard InChI is InChI=1S/C23H18F3NO3S2/c1-13-20(32-21(27-13)14-3-5-17(6-4-14)23(24,25)26)12-31-18-7-8-19-15(10-18)9-16(11-30-19)22(28)29-2/h3-10H,11-12H2,1-2H3. The number of rotatable bonds is 5. The number of carbonyl (C=O) groups excluding carboxylic acids is 1. The first kappa shape index (κ1) is 22.4. The Bertz CT molecular complexity index is 1180. The zero-order valence-corrected chi connectivity index (χ0v) is 18.8. The van der Waals surface area contributed by atoms with Gasteiger partial charge in [0.25, 0.3) is 0 Å². The Hall–Kier alpha value is -2.78. The number of esters is 1. The highest BCUT2D eigenvalue weighted by Crippen LogP contribution is 2.36. The summed E-state index contributed by atoms with van der Waals surface area (Å²) >= 11 is 3.08. The number of thioether (sulfide) groups is 1. The number of ether oxygens (including phenoxy) is 2. The molecule has 0 bridgehead atoms. The van der Waals surface area contributed by atoms with Crippen LogP contribution in [0.15, 0.2) is 52.9 Å². The zero-order chi connectivity index (χ0) is 22.9. The van der Waals surface area contributed by atoms with Crippen molar-refractivity contribution in [2.45, 2.75) is 23.7 Å². The number of aryl methyl sites for hydroxylation is 1. The third-order valence-electron chi connectivity index (χ3n) is 4.86. The third-order valence-corrected chi connectivity index (χ3v) is 7.27. The SMILES string of the molecule is COC(=O)C1=Cc2cc(SCc3sc(-c4ccc(C(F)(F)F)cc4)nc3C)ccc2OC1. The second kappa shape index (κ2) is 8.99. The number of alkyl halides is 3. The first-order valence-corrected chi connectivity index (χ1v) is 11.4. The maximum Gasteiger partial charge on any atom is 0.416 e. The van der Waals surface area contributed by atoms with Crippen molar-refractivity contribution in [1.82, 2.24) is 4.98 Å². The molecule has 9 heteroatoms. The summed E-state index contributed by atoms with van der Waals surface area (Å²) in [5, 5.41) is 0.691. The van der Waals surface area contributed by atoms with Gasteiger partial charge in [0.05, 0.1) is 23.9 Å². The maximum absolute atomic E-state index is 12.8. The normalized spacial score (nSPS) is 13.2. The lowest BCUT2D eigenvalue weighted by atomic mass is 10.1. The van der Waals surface area contributed by atoms with E-state index in [1.807, 2.05) is 25.1 Å². The van der Waals surface area contributed by atoms with Crippen LogP contribution >= 0.6 is 23.1 Å². The monoisotopic (exact) mass is 477 g/mol. The van der Waals surface area contributed by atoms with Crippen LogP contribution in [0.4, 0.5) is 13.2 Å². The van der Waals surface area contributed by atoms with Crippen molar-refractivity contribution in [2.24, 2.45) is 0 Å². The van der Waals surface area contributed by atoms with Gasteiger partial charge < -0.3 is 9.47 Å². The van der Waals surface area contributed by atoms with Crippen molar-refractivity contribution >= 4 is 35.1 Å². The van der Waals surface area contributed by atoms with E-state index >= 15 is 0 Å². The van der Waals surface area contributed by atoms with Crippen molar-refractivity contribution in [3.8, 4) is 16.3 Å². The number of methoxy groups -OCH3 is 1. The quantitative estimate of drug-likeness (QED) is 0.315. The van der Waals surface area contributed by atoms with Crippen LogP contribution in [-0.4, -0.2) is 24.7 Å². The molecule has 0 saturated carbocycles. The molecule has 0 amide bonds. The number of benzene rings is 2. The van der Waals surface area contributed by atoms with E-state index in [0.717, 1.165) is 33.2 Å². The van der Waals surface area contributed by atoms with E-state index in [-0.39, 0.29) is 6.61 Å². The van der Waals surface area contributed by atoms with Crippen LogP contribution in [0, 0.1) is 6.92 Å². The molecule has 0 fully saturated rings. The number of nitrogens with zero attached hydrogens (tertiary/aromatic N) is 1. The molecular weight excluding hydrogens is 459 g/mol. The van der Waals surface area contributed by atoms with Gasteiger partial charge in [-0.2, -0.15) is 13.2 Å². The number of fused-ring (bicyclic) bond motifs is 1. The molecule has 2 aromatic carbocycles. The van der Waals surface area contributed by atoms with E-state index < -0.39 is 17.7 Å². The summed E-state index contributed by atoms with van der Waals surface area (Å²) in [5.41, 5.74) is 2.11. The number of halogens is 3. The van der Waals surface area contributed by atoms with Crippen molar-refractivity contribution in [2.75, 3.05) is 13.7 Å². The lowest BCUT2D eigenvalue weighted by Crippen LogP contribution is -2.15. The highest BCUT2D eigenvalue weighted by Gasteiger charge is 2.30. The maximum atomic E-state index is 12.8. The Balaban J connectivity index is 1.48. The number of hydrogen-bond acceptors (Lipinski definition) is 6. The van der Waals surface area contributed by atoms with Gasteiger partial charge in [-0.25, -0.2) is 9.78 Å². The Labute approximate surface area is 191 Å². The topological polar surface area (TPSA) is 48.4 Å². The summed E-state index contributed by atoms with van der Waals surface area (Å²) in [4.78, 5) is 18.3. The molecule has 0 radical (unpaired) electrons. The Kier molecular flexibility index (Phi) is 6.30. The predicted octanol–water partition coefficient (Wildman–Crippen LogP) is 6.38. The second-order valence-electron chi connectivity index (χ2n) is 7.04. The summed E-state index contributed by atoms with van der Waals surface area (Å²) in [6.07, 6.45) is -2.58. The largest absolute Gasteiger partial charge is 0.488 e. The molecule has 4 rings (SSSR count). The molecule has 0 unspecified atom stereocenters. The van der Waals surface area contributed by atoms with Crippen LogP contribution in [0.2, 0.25) is 0 Å². The van der Waals surface area contributed by atoms with Gasteiger partial charge in [0.1, 0.15) is 17.4 Å². The van der Waals surface area contributed by atoms with Gasteiger partial charge in [0.2, 0.25) is 0 Å². The van der Waals surface area contributed by atoms with E-state index in [1.165, 1.54) is 30.6 Å². The van der Waals surface area contributed by atoms with E-state index in [9.17, 15) is 18.0 Å². The summed E-state index contributed by atoms with van der Waals surface area (Å²) < 4.78 is 48.7. The summed E-state index contributed by atoms with van der Waals surface area (Å²) in [6, 6.07) is 10.8. The first-order valence-electron chi connectivity index (χ1n) is 9.57. The second-order valence-corrected chi connectivity index (χ2v) is 9.17. The fourth-order valence-electron chi connectivity index (χ4n) is 3.13. The summed E-state index contributed by atoms with van der Waals surface area (Å²) in [7, 11) is 1.33. The lowest BCUT2D eigenvalue weighted by molar-refractivity contribution is -0.138. The van der Waals surface area contributed by atoms with Gasteiger partial charge in [-0.1, -0.05) is 12.1 Å². The molecule has 0 aliphatic carbocycles. The Morgan fingerprint density at radius 3 is 2.66 bits per heavy atom. The van der Waals surface area contributed by atoms with Gasteiger partial charge in [-0.05, 0) is 43.3 Å². The molecule has 1 aliphatic heterocycles. The van der Waals surface area contributed by atoms with Gasteiger partial charge in [-0.3, -0.25) is 0 Å².